The Kier molecular flexibility index (Phi) is 3.50. The average molecular weight is 368 g/mol. The number of rotatable bonds is 2. The maximum absolute atomic E-state index is 14.3. The van der Waals surface area contributed by atoms with E-state index in [2.05, 4.69) is 0 Å². The number of thiophene rings is 2. The minimum atomic E-state index is -5.48. The Bertz CT molecular complexity index is 732. The van der Waals surface area contributed by atoms with Crippen LogP contribution in [0.5, 0.6) is 0 Å². The van der Waals surface area contributed by atoms with Gasteiger partial charge in [0.25, 0.3) is 0 Å². The molecule has 124 valence electrons. The first kappa shape index (κ1) is 16.6. The highest BCUT2D eigenvalue weighted by molar-refractivity contribution is 7.11. The monoisotopic (exact) mass is 368 g/mol. The van der Waals surface area contributed by atoms with Crippen molar-refractivity contribution >= 4 is 33.8 Å². The Morgan fingerprint density at radius 2 is 1.35 bits per heavy atom. The van der Waals surface area contributed by atoms with Gasteiger partial charge in [0.1, 0.15) is 0 Å². The van der Waals surface area contributed by atoms with Crippen molar-refractivity contribution in [1.82, 2.24) is 0 Å². The maximum Gasteiger partial charge on any atom is 0.380 e. The number of hydrogen-bond acceptors (Lipinski definition) is 2. The summed E-state index contributed by atoms with van der Waals surface area (Å²) in [7, 11) is 0. The van der Waals surface area contributed by atoms with Crippen molar-refractivity contribution in [2.45, 2.75) is 31.6 Å². The quantitative estimate of drug-likeness (QED) is 0.549. The van der Waals surface area contributed by atoms with Crippen LogP contribution in [0.3, 0.4) is 0 Å². The lowest BCUT2D eigenvalue weighted by Gasteiger charge is -2.25. The molecule has 1 aliphatic carbocycles. The molecule has 0 nitrogen and oxygen atoms in total. The van der Waals surface area contributed by atoms with Crippen LogP contribution in [0.4, 0.5) is 26.3 Å². The molecule has 0 radical (unpaired) electrons. The van der Waals surface area contributed by atoms with Crippen molar-refractivity contribution in [3.8, 4) is 0 Å². The maximum atomic E-state index is 14.3. The van der Waals surface area contributed by atoms with E-state index in [1.54, 1.807) is 0 Å². The fourth-order valence-corrected chi connectivity index (χ4v) is 4.37. The molecule has 0 bridgehead atoms. The van der Waals surface area contributed by atoms with E-state index in [1.165, 1.54) is 36.7 Å². The molecule has 0 atom stereocenters. The first-order chi connectivity index (χ1) is 10.5. The third-order valence-electron chi connectivity index (χ3n) is 3.88. The van der Waals surface area contributed by atoms with Gasteiger partial charge in [0.2, 0.25) is 0 Å². The molecular formula is C15H10F6S2. The molecule has 2 aromatic heterocycles. The first-order valence-electron chi connectivity index (χ1n) is 6.51. The van der Waals surface area contributed by atoms with Crippen LogP contribution in [-0.2, 0) is 0 Å². The van der Waals surface area contributed by atoms with Gasteiger partial charge in [-0.05, 0) is 47.9 Å². The zero-order valence-electron chi connectivity index (χ0n) is 11.9. The normalized spacial score (nSPS) is 21.9. The van der Waals surface area contributed by atoms with Gasteiger partial charge in [-0.3, -0.25) is 0 Å². The predicted molar refractivity (Wildman–Crippen MR) is 79.8 cm³/mol. The summed E-state index contributed by atoms with van der Waals surface area (Å²) in [5, 5.41) is 2.84. The standard InChI is InChI=1S/C15H10F6S2/c1-7-3-5-23-12(7)11-10(9-4-6-22-8(9)2)13(16,17)15(20,21)14(11,18)19/h3-6H,1-2H3. The van der Waals surface area contributed by atoms with Crippen LogP contribution in [0, 0.1) is 13.8 Å². The lowest BCUT2D eigenvalue weighted by molar-refractivity contribution is -0.254. The van der Waals surface area contributed by atoms with Crippen LogP contribution < -0.4 is 0 Å². The largest absolute Gasteiger partial charge is 0.380 e. The van der Waals surface area contributed by atoms with Crippen molar-refractivity contribution in [1.29, 1.82) is 0 Å². The van der Waals surface area contributed by atoms with Crippen LogP contribution in [0.2, 0.25) is 0 Å². The second kappa shape index (κ2) is 4.86. The fraction of sp³-hybridized carbons (Fsp3) is 0.333. The number of aryl methyl sites for hydroxylation is 2. The molecule has 0 N–H and O–H groups in total. The molecule has 0 saturated heterocycles. The topological polar surface area (TPSA) is 0 Å². The molecule has 0 amide bonds. The van der Waals surface area contributed by atoms with Gasteiger partial charge in [0, 0.05) is 15.3 Å². The van der Waals surface area contributed by atoms with Crippen molar-refractivity contribution in [3.63, 3.8) is 0 Å². The van der Waals surface area contributed by atoms with Gasteiger partial charge in [-0.2, -0.15) is 26.3 Å². The highest BCUT2D eigenvalue weighted by Crippen LogP contribution is 2.65. The third-order valence-corrected chi connectivity index (χ3v) is 5.76. The van der Waals surface area contributed by atoms with Gasteiger partial charge in [0.05, 0.1) is 5.57 Å². The molecule has 0 fully saturated rings. The van der Waals surface area contributed by atoms with Crippen LogP contribution in [0.25, 0.3) is 11.1 Å². The van der Waals surface area contributed by atoms with Crippen LogP contribution in [0.15, 0.2) is 22.9 Å². The summed E-state index contributed by atoms with van der Waals surface area (Å²) in [5.41, 5.74) is -2.51. The molecule has 0 aromatic carbocycles. The number of alkyl halides is 6. The molecule has 2 aromatic rings. The van der Waals surface area contributed by atoms with Crippen molar-refractivity contribution in [3.05, 3.63) is 43.8 Å². The summed E-state index contributed by atoms with van der Waals surface area (Å²) in [6, 6.07) is 2.62. The Morgan fingerprint density at radius 1 is 0.783 bits per heavy atom. The van der Waals surface area contributed by atoms with E-state index in [9.17, 15) is 26.3 Å². The minimum absolute atomic E-state index is 0.229. The third kappa shape index (κ3) is 1.97. The lowest BCUT2D eigenvalue weighted by atomic mass is 9.98. The Balaban J connectivity index is 2.44. The van der Waals surface area contributed by atoms with Crippen LogP contribution in [0.1, 0.15) is 20.9 Å². The summed E-state index contributed by atoms with van der Waals surface area (Å²) >= 11 is 1.80. The zero-order chi connectivity index (χ0) is 17.2. The molecule has 8 heteroatoms. The second-order valence-electron chi connectivity index (χ2n) is 5.30. The highest BCUT2D eigenvalue weighted by Gasteiger charge is 2.80. The van der Waals surface area contributed by atoms with E-state index in [0.717, 1.165) is 22.7 Å². The summed E-state index contributed by atoms with van der Waals surface area (Å²) in [6.07, 6.45) is 0. The van der Waals surface area contributed by atoms with Gasteiger partial charge < -0.3 is 0 Å². The van der Waals surface area contributed by atoms with Crippen LogP contribution >= 0.6 is 22.7 Å². The van der Waals surface area contributed by atoms with Crippen molar-refractivity contribution < 1.29 is 26.3 Å². The van der Waals surface area contributed by atoms with E-state index in [0.29, 0.717) is 4.88 Å². The highest BCUT2D eigenvalue weighted by atomic mass is 32.1. The number of hydrogen-bond donors (Lipinski definition) is 0. The van der Waals surface area contributed by atoms with Gasteiger partial charge >= 0.3 is 17.8 Å². The van der Waals surface area contributed by atoms with E-state index in [-0.39, 0.29) is 16.0 Å². The van der Waals surface area contributed by atoms with E-state index >= 15 is 0 Å². The van der Waals surface area contributed by atoms with E-state index < -0.39 is 28.9 Å². The first-order valence-corrected chi connectivity index (χ1v) is 8.27. The van der Waals surface area contributed by atoms with Crippen LogP contribution in [-0.4, -0.2) is 17.8 Å². The average Bonchev–Trinajstić information content (AvgIpc) is 3.05. The Labute approximate surface area is 136 Å². The molecule has 1 aliphatic rings. The molecule has 3 rings (SSSR count). The Morgan fingerprint density at radius 3 is 1.83 bits per heavy atom. The van der Waals surface area contributed by atoms with Gasteiger partial charge in [-0.15, -0.1) is 22.7 Å². The van der Waals surface area contributed by atoms with Gasteiger partial charge in [-0.1, -0.05) is 0 Å². The summed E-state index contributed by atoms with van der Waals surface area (Å²) in [4.78, 5) is 0.0623. The second-order valence-corrected chi connectivity index (χ2v) is 7.33. The van der Waals surface area contributed by atoms with E-state index in [4.69, 9.17) is 0 Å². The summed E-state index contributed by atoms with van der Waals surface area (Å²) in [5.74, 6) is -15.4. The Hall–Kier alpha value is -1.28. The van der Waals surface area contributed by atoms with Gasteiger partial charge in [0.15, 0.2) is 0 Å². The molecular weight excluding hydrogens is 358 g/mol. The molecule has 0 saturated carbocycles. The minimum Gasteiger partial charge on any atom is -0.194 e. The smallest absolute Gasteiger partial charge is 0.194 e. The molecule has 23 heavy (non-hydrogen) atoms. The summed E-state index contributed by atoms with van der Waals surface area (Å²) < 4.78 is 85.1. The fourth-order valence-electron chi connectivity index (χ4n) is 2.66. The molecule has 2 heterocycles. The SMILES string of the molecule is Cc1ccsc1C1=C(c2ccsc2C)C(F)(F)C(F)(F)C1(F)F. The van der Waals surface area contributed by atoms with Crippen molar-refractivity contribution in [2.75, 3.05) is 0 Å². The summed E-state index contributed by atoms with van der Waals surface area (Å²) in [6.45, 7) is 2.87. The molecule has 0 unspecified atom stereocenters. The van der Waals surface area contributed by atoms with Crippen molar-refractivity contribution in [2.24, 2.45) is 0 Å². The zero-order valence-corrected chi connectivity index (χ0v) is 13.5. The lowest BCUT2D eigenvalue weighted by Crippen LogP contribution is -2.48. The molecule has 0 aliphatic heterocycles. The number of allylic oxidation sites excluding steroid dienone is 2. The van der Waals surface area contributed by atoms with E-state index in [1.807, 2.05) is 0 Å². The molecule has 0 spiro atoms. The number of halogens is 6. The van der Waals surface area contributed by atoms with Gasteiger partial charge in [-0.25, -0.2) is 0 Å². The predicted octanol–water partition coefficient (Wildman–Crippen LogP) is 6.26.